The van der Waals surface area contributed by atoms with E-state index in [1.807, 2.05) is 12.1 Å². The van der Waals surface area contributed by atoms with Gasteiger partial charge in [0.25, 0.3) is 8.87 Å². The standard InChI is InChI=1S/C10H6O3S2/c11-14-8-5-1-3-7-4-2-6-9(10(7)8)15(14,12)13/h1-6H. The number of hydrogen-bond acceptors (Lipinski definition) is 3. The molecule has 3 nitrogen and oxygen atoms in total. The maximum atomic E-state index is 11.8. The van der Waals surface area contributed by atoms with Crippen molar-refractivity contribution in [3.8, 4) is 0 Å². The van der Waals surface area contributed by atoms with E-state index in [1.165, 1.54) is 6.07 Å². The highest BCUT2D eigenvalue weighted by atomic mass is 33.2. The van der Waals surface area contributed by atoms with Gasteiger partial charge in [-0.05, 0) is 17.5 Å². The van der Waals surface area contributed by atoms with Crippen LogP contribution in [0, 0.1) is 0 Å². The van der Waals surface area contributed by atoms with Crippen LogP contribution >= 0.6 is 0 Å². The van der Waals surface area contributed by atoms with Crippen molar-refractivity contribution in [3.63, 3.8) is 0 Å². The first-order valence-corrected chi connectivity index (χ1v) is 7.46. The van der Waals surface area contributed by atoms with E-state index in [9.17, 15) is 12.6 Å². The first-order valence-electron chi connectivity index (χ1n) is 4.31. The monoisotopic (exact) mass is 238 g/mol. The Morgan fingerprint density at radius 2 is 1.67 bits per heavy atom. The van der Waals surface area contributed by atoms with Gasteiger partial charge in [0.05, 0.1) is 9.79 Å². The molecule has 76 valence electrons. The van der Waals surface area contributed by atoms with Gasteiger partial charge in [-0.3, -0.25) is 0 Å². The molecule has 2 aromatic carbocycles. The summed E-state index contributed by atoms with van der Waals surface area (Å²) in [5.41, 5.74) is 0. The van der Waals surface area contributed by atoms with Gasteiger partial charge < -0.3 is 0 Å². The lowest BCUT2D eigenvalue weighted by molar-refractivity contribution is 0.607. The molecule has 1 unspecified atom stereocenters. The van der Waals surface area contributed by atoms with Crippen molar-refractivity contribution < 1.29 is 12.6 Å². The normalized spacial score (nSPS) is 22.0. The van der Waals surface area contributed by atoms with Gasteiger partial charge in [-0.1, -0.05) is 24.3 Å². The maximum absolute atomic E-state index is 11.8. The summed E-state index contributed by atoms with van der Waals surface area (Å²) in [7, 11) is -5.61. The molecule has 0 saturated carbocycles. The van der Waals surface area contributed by atoms with E-state index >= 15 is 0 Å². The summed E-state index contributed by atoms with van der Waals surface area (Å²) in [6.07, 6.45) is 0. The summed E-state index contributed by atoms with van der Waals surface area (Å²) in [6.45, 7) is 0. The van der Waals surface area contributed by atoms with Crippen LogP contribution in [-0.4, -0.2) is 12.6 Å². The van der Waals surface area contributed by atoms with Crippen LogP contribution in [0.15, 0.2) is 46.2 Å². The molecular weight excluding hydrogens is 232 g/mol. The second-order valence-corrected chi connectivity index (χ2v) is 7.78. The number of benzene rings is 2. The van der Waals surface area contributed by atoms with E-state index in [4.69, 9.17) is 0 Å². The van der Waals surface area contributed by atoms with Crippen LogP contribution in [0.5, 0.6) is 0 Å². The van der Waals surface area contributed by atoms with Crippen molar-refractivity contribution >= 4 is 29.5 Å². The van der Waals surface area contributed by atoms with E-state index < -0.39 is 18.7 Å². The highest BCUT2D eigenvalue weighted by molar-refractivity contribution is 8.64. The molecule has 3 rings (SSSR count). The van der Waals surface area contributed by atoms with Crippen molar-refractivity contribution in [3.05, 3.63) is 36.4 Å². The van der Waals surface area contributed by atoms with Gasteiger partial charge in [-0.25, -0.2) is 12.6 Å². The largest absolute Gasteiger partial charge is 0.262 e. The van der Waals surface area contributed by atoms with E-state index in [2.05, 4.69) is 0 Å². The molecular formula is C10H6O3S2. The topological polar surface area (TPSA) is 51.2 Å². The van der Waals surface area contributed by atoms with Crippen molar-refractivity contribution in [2.24, 2.45) is 0 Å². The molecule has 0 spiro atoms. The Bertz CT molecular complexity index is 696. The zero-order valence-electron chi connectivity index (χ0n) is 7.51. The predicted octanol–water partition coefficient (Wildman–Crippen LogP) is 1.65. The first-order chi connectivity index (χ1) is 7.12. The molecule has 0 N–H and O–H groups in total. The lowest BCUT2D eigenvalue weighted by Crippen LogP contribution is -2.01. The quantitative estimate of drug-likeness (QED) is 0.656. The zero-order chi connectivity index (χ0) is 10.6. The molecule has 0 aliphatic carbocycles. The molecule has 0 aromatic heterocycles. The molecule has 1 aliphatic heterocycles. The van der Waals surface area contributed by atoms with Gasteiger partial charge >= 0.3 is 0 Å². The van der Waals surface area contributed by atoms with Crippen LogP contribution < -0.4 is 0 Å². The fraction of sp³-hybridized carbons (Fsp3) is 0. The maximum Gasteiger partial charge on any atom is 0.262 e. The Morgan fingerprint density at radius 3 is 2.40 bits per heavy atom. The van der Waals surface area contributed by atoms with Crippen LogP contribution in [-0.2, 0) is 18.7 Å². The molecule has 15 heavy (non-hydrogen) atoms. The first kappa shape index (κ1) is 9.06. The van der Waals surface area contributed by atoms with E-state index in [0.29, 0.717) is 10.3 Å². The van der Waals surface area contributed by atoms with Gasteiger partial charge in [0.15, 0.2) is 9.83 Å². The molecule has 0 bridgehead atoms. The second-order valence-electron chi connectivity index (χ2n) is 3.30. The van der Waals surface area contributed by atoms with Gasteiger partial charge in [0.1, 0.15) is 0 Å². The lowest BCUT2D eigenvalue weighted by atomic mass is 10.1. The van der Waals surface area contributed by atoms with E-state index in [1.54, 1.807) is 18.2 Å². The minimum absolute atomic E-state index is 0.189. The minimum Gasteiger partial charge on any atom is -0.237 e. The van der Waals surface area contributed by atoms with Gasteiger partial charge in [-0.15, -0.1) is 0 Å². The van der Waals surface area contributed by atoms with Crippen LogP contribution in [0.2, 0.25) is 0 Å². The average Bonchev–Trinajstić information content (AvgIpc) is 2.43. The molecule has 1 heterocycles. The summed E-state index contributed by atoms with van der Waals surface area (Å²) in [6, 6.07) is 10.1. The summed E-state index contributed by atoms with van der Waals surface area (Å²) in [5.74, 6) is 0. The zero-order valence-corrected chi connectivity index (χ0v) is 9.14. The number of rotatable bonds is 0. The van der Waals surface area contributed by atoms with Crippen molar-refractivity contribution in [2.75, 3.05) is 0 Å². The molecule has 2 aromatic rings. The fourth-order valence-electron chi connectivity index (χ4n) is 1.82. The van der Waals surface area contributed by atoms with Crippen molar-refractivity contribution in [2.45, 2.75) is 9.79 Å². The predicted molar refractivity (Wildman–Crippen MR) is 57.5 cm³/mol. The van der Waals surface area contributed by atoms with Gasteiger partial charge in [0, 0.05) is 5.39 Å². The fourth-order valence-corrected chi connectivity index (χ4v) is 5.62. The second kappa shape index (κ2) is 2.68. The van der Waals surface area contributed by atoms with Crippen molar-refractivity contribution in [1.82, 2.24) is 0 Å². The third-order valence-corrected chi connectivity index (χ3v) is 6.73. The Balaban J connectivity index is 2.69. The molecule has 5 heteroatoms. The third-order valence-electron chi connectivity index (χ3n) is 2.48. The molecule has 0 amide bonds. The SMILES string of the molecule is O=S1c2cccc3cccc(c23)S1(=O)=O. The van der Waals surface area contributed by atoms with Gasteiger partial charge in [0.2, 0.25) is 0 Å². The van der Waals surface area contributed by atoms with E-state index in [-0.39, 0.29) is 4.90 Å². The van der Waals surface area contributed by atoms with Crippen LogP contribution in [0.4, 0.5) is 0 Å². The van der Waals surface area contributed by atoms with Crippen LogP contribution in [0.25, 0.3) is 10.8 Å². The Morgan fingerprint density at radius 1 is 1.00 bits per heavy atom. The lowest BCUT2D eigenvalue weighted by Gasteiger charge is -1.96. The van der Waals surface area contributed by atoms with Crippen LogP contribution in [0.1, 0.15) is 0 Å². The summed E-state index contributed by atoms with van der Waals surface area (Å²) < 4.78 is 35.3. The molecule has 0 fully saturated rings. The molecule has 0 radical (unpaired) electrons. The highest BCUT2D eigenvalue weighted by Gasteiger charge is 2.35. The van der Waals surface area contributed by atoms with E-state index in [0.717, 1.165) is 5.39 Å². The highest BCUT2D eigenvalue weighted by Crippen LogP contribution is 2.38. The Kier molecular flexibility index (Phi) is 1.62. The van der Waals surface area contributed by atoms with Crippen LogP contribution in [0.3, 0.4) is 0 Å². The molecule has 1 atom stereocenters. The smallest absolute Gasteiger partial charge is 0.237 e. The Hall–Kier alpha value is -1.20. The summed E-state index contributed by atoms with van der Waals surface area (Å²) >= 11 is 0. The van der Waals surface area contributed by atoms with Gasteiger partial charge in [-0.2, -0.15) is 0 Å². The minimum atomic E-state index is -3.66. The summed E-state index contributed by atoms with van der Waals surface area (Å²) in [4.78, 5) is 0.594. The summed E-state index contributed by atoms with van der Waals surface area (Å²) in [5, 5.41) is 1.43. The molecule has 0 saturated heterocycles. The Labute approximate surface area is 88.5 Å². The molecule has 1 aliphatic rings. The van der Waals surface area contributed by atoms with Crippen molar-refractivity contribution in [1.29, 1.82) is 0 Å². The third kappa shape index (κ3) is 0.992. The number of hydrogen-bond donors (Lipinski definition) is 0. The average molecular weight is 238 g/mol.